The van der Waals surface area contributed by atoms with Crippen LogP contribution in [0, 0.1) is 17.8 Å². The molecule has 1 aliphatic carbocycles. The molecule has 0 saturated heterocycles. The second-order valence-corrected chi connectivity index (χ2v) is 5.97. The van der Waals surface area contributed by atoms with E-state index >= 15 is 0 Å². The summed E-state index contributed by atoms with van der Waals surface area (Å²) in [7, 11) is 1.80. The van der Waals surface area contributed by atoms with Gasteiger partial charge in [0.15, 0.2) is 0 Å². The lowest BCUT2D eigenvalue weighted by molar-refractivity contribution is 0.119. The molecule has 16 heavy (non-hydrogen) atoms. The van der Waals surface area contributed by atoms with Crippen LogP contribution in [0.25, 0.3) is 0 Å². The van der Waals surface area contributed by atoms with Crippen LogP contribution in [0.15, 0.2) is 0 Å². The largest absolute Gasteiger partial charge is 0.383 e. The lowest BCUT2D eigenvalue weighted by atomic mass is 9.79. The quantitative estimate of drug-likeness (QED) is 0.779. The average molecular weight is 227 g/mol. The smallest absolute Gasteiger partial charge is 0.0618 e. The fraction of sp³-hybridized carbons (Fsp3) is 1.00. The first-order chi connectivity index (χ1) is 7.54. The van der Waals surface area contributed by atoms with Crippen LogP contribution in [0.4, 0.5) is 0 Å². The Balaban J connectivity index is 2.48. The Morgan fingerprint density at radius 1 is 1.25 bits per heavy atom. The first kappa shape index (κ1) is 14.0. The molecule has 4 atom stereocenters. The predicted octanol–water partition coefficient (Wildman–Crippen LogP) is 3.07. The van der Waals surface area contributed by atoms with E-state index in [2.05, 4.69) is 33.0 Å². The van der Waals surface area contributed by atoms with E-state index in [0.717, 1.165) is 18.4 Å². The molecule has 1 saturated carbocycles. The normalized spacial score (nSPS) is 33.0. The summed E-state index contributed by atoms with van der Waals surface area (Å²) in [5.41, 5.74) is 0. The minimum absolute atomic E-state index is 0.503. The van der Waals surface area contributed by atoms with Gasteiger partial charge in [0, 0.05) is 19.2 Å². The molecule has 0 aromatic rings. The zero-order valence-corrected chi connectivity index (χ0v) is 11.6. The van der Waals surface area contributed by atoms with Crippen molar-refractivity contribution in [1.82, 2.24) is 5.32 Å². The topological polar surface area (TPSA) is 21.3 Å². The minimum Gasteiger partial charge on any atom is -0.383 e. The van der Waals surface area contributed by atoms with Crippen molar-refractivity contribution in [2.45, 2.75) is 59.0 Å². The van der Waals surface area contributed by atoms with Crippen molar-refractivity contribution in [3.63, 3.8) is 0 Å². The van der Waals surface area contributed by atoms with Crippen LogP contribution >= 0.6 is 0 Å². The summed E-state index contributed by atoms with van der Waals surface area (Å²) in [6.45, 7) is 10.1. The van der Waals surface area contributed by atoms with E-state index in [1.54, 1.807) is 7.11 Å². The summed E-state index contributed by atoms with van der Waals surface area (Å²) in [6.07, 6.45) is 4.10. The maximum absolute atomic E-state index is 5.31. The third-order valence-corrected chi connectivity index (χ3v) is 4.04. The molecule has 0 aromatic heterocycles. The number of hydrogen-bond donors (Lipinski definition) is 1. The number of ether oxygens (including phenoxy) is 1. The summed E-state index contributed by atoms with van der Waals surface area (Å²) < 4.78 is 5.31. The van der Waals surface area contributed by atoms with E-state index in [1.165, 1.54) is 19.3 Å². The van der Waals surface area contributed by atoms with Crippen LogP contribution in [-0.4, -0.2) is 25.8 Å². The van der Waals surface area contributed by atoms with Gasteiger partial charge in [-0.15, -0.1) is 0 Å². The van der Waals surface area contributed by atoms with E-state index in [-0.39, 0.29) is 0 Å². The highest BCUT2D eigenvalue weighted by atomic mass is 16.5. The lowest BCUT2D eigenvalue weighted by Crippen LogP contribution is -2.48. The second kappa shape index (κ2) is 6.61. The molecule has 0 spiro atoms. The molecule has 1 N–H and O–H groups in total. The van der Waals surface area contributed by atoms with Crippen LogP contribution in [0.2, 0.25) is 0 Å². The van der Waals surface area contributed by atoms with Gasteiger partial charge < -0.3 is 10.1 Å². The van der Waals surface area contributed by atoms with E-state index < -0.39 is 0 Å². The number of nitrogens with one attached hydrogen (secondary N) is 1. The van der Waals surface area contributed by atoms with Gasteiger partial charge in [-0.25, -0.2) is 0 Å². The van der Waals surface area contributed by atoms with Gasteiger partial charge in [0.1, 0.15) is 0 Å². The van der Waals surface area contributed by atoms with E-state index in [0.29, 0.717) is 18.0 Å². The molecule has 0 radical (unpaired) electrons. The maximum Gasteiger partial charge on any atom is 0.0618 e. The van der Waals surface area contributed by atoms with Crippen molar-refractivity contribution in [3.05, 3.63) is 0 Å². The van der Waals surface area contributed by atoms with Crippen molar-refractivity contribution in [3.8, 4) is 0 Å². The van der Waals surface area contributed by atoms with Gasteiger partial charge in [0.2, 0.25) is 0 Å². The fourth-order valence-electron chi connectivity index (χ4n) is 2.65. The number of hydrogen-bond acceptors (Lipinski definition) is 2. The van der Waals surface area contributed by atoms with Gasteiger partial charge in [-0.3, -0.25) is 0 Å². The summed E-state index contributed by atoms with van der Waals surface area (Å²) in [5.74, 6) is 2.34. The number of methoxy groups -OCH3 is 1. The minimum atomic E-state index is 0.503. The first-order valence-electron chi connectivity index (χ1n) is 6.79. The molecule has 0 aliphatic heterocycles. The van der Waals surface area contributed by atoms with Crippen LogP contribution in [0.1, 0.15) is 47.0 Å². The van der Waals surface area contributed by atoms with E-state index in [1.807, 2.05) is 0 Å². The van der Waals surface area contributed by atoms with Crippen LogP contribution in [0.3, 0.4) is 0 Å². The molecule has 2 nitrogen and oxygen atoms in total. The lowest BCUT2D eigenvalue weighted by Gasteiger charge is -2.37. The molecule has 96 valence electrons. The van der Waals surface area contributed by atoms with Crippen molar-refractivity contribution < 1.29 is 4.74 Å². The van der Waals surface area contributed by atoms with Crippen LogP contribution in [-0.2, 0) is 4.74 Å². The Kier molecular flexibility index (Phi) is 5.77. The van der Waals surface area contributed by atoms with E-state index in [4.69, 9.17) is 4.74 Å². The highest BCUT2D eigenvalue weighted by molar-refractivity contribution is 4.85. The van der Waals surface area contributed by atoms with Gasteiger partial charge in [0.25, 0.3) is 0 Å². The first-order valence-corrected chi connectivity index (χ1v) is 6.79. The molecule has 1 fully saturated rings. The molecule has 1 rings (SSSR count). The zero-order chi connectivity index (χ0) is 12.1. The Morgan fingerprint density at radius 3 is 2.50 bits per heavy atom. The Bertz CT molecular complexity index is 193. The van der Waals surface area contributed by atoms with E-state index in [9.17, 15) is 0 Å². The standard InChI is InChI=1S/C14H29NO/c1-10(2)14(9-16-5)15-13-8-11(3)6-7-12(13)4/h10-15H,6-9H2,1-5H3. The zero-order valence-electron chi connectivity index (χ0n) is 11.6. The van der Waals surface area contributed by atoms with Gasteiger partial charge in [0.05, 0.1) is 6.61 Å². The predicted molar refractivity (Wildman–Crippen MR) is 69.6 cm³/mol. The monoisotopic (exact) mass is 227 g/mol. The SMILES string of the molecule is COCC(NC1CC(C)CCC1C)C(C)C. The Labute approximate surface area is 101 Å². The molecule has 1 aliphatic rings. The number of rotatable bonds is 5. The molecule has 0 heterocycles. The molecular weight excluding hydrogens is 198 g/mol. The molecular formula is C14H29NO. The summed E-state index contributed by atoms with van der Waals surface area (Å²) in [4.78, 5) is 0. The van der Waals surface area contributed by atoms with Gasteiger partial charge >= 0.3 is 0 Å². The van der Waals surface area contributed by atoms with Gasteiger partial charge in [-0.05, 0) is 30.6 Å². The van der Waals surface area contributed by atoms with Gasteiger partial charge in [-0.2, -0.15) is 0 Å². The highest BCUT2D eigenvalue weighted by Gasteiger charge is 2.28. The van der Waals surface area contributed by atoms with Crippen molar-refractivity contribution in [2.24, 2.45) is 17.8 Å². The Hall–Kier alpha value is -0.0800. The highest BCUT2D eigenvalue weighted by Crippen LogP contribution is 2.29. The molecule has 4 unspecified atom stereocenters. The second-order valence-electron chi connectivity index (χ2n) is 5.97. The molecule has 0 bridgehead atoms. The average Bonchev–Trinajstić information content (AvgIpc) is 2.22. The third kappa shape index (κ3) is 4.06. The molecule has 0 amide bonds. The maximum atomic E-state index is 5.31. The Morgan fingerprint density at radius 2 is 1.94 bits per heavy atom. The van der Waals surface area contributed by atoms with Crippen LogP contribution in [0.5, 0.6) is 0 Å². The fourth-order valence-corrected chi connectivity index (χ4v) is 2.65. The van der Waals surface area contributed by atoms with Crippen molar-refractivity contribution in [2.75, 3.05) is 13.7 Å². The van der Waals surface area contributed by atoms with Crippen molar-refractivity contribution >= 4 is 0 Å². The van der Waals surface area contributed by atoms with Gasteiger partial charge in [-0.1, -0.05) is 34.1 Å². The van der Waals surface area contributed by atoms with Crippen molar-refractivity contribution in [1.29, 1.82) is 0 Å². The third-order valence-electron chi connectivity index (χ3n) is 4.04. The molecule has 0 aromatic carbocycles. The van der Waals surface area contributed by atoms with Crippen LogP contribution < -0.4 is 5.32 Å². The molecule has 2 heteroatoms. The summed E-state index contributed by atoms with van der Waals surface area (Å²) in [6, 6.07) is 1.19. The summed E-state index contributed by atoms with van der Waals surface area (Å²) in [5, 5.41) is 3.81. The summed E-state index contributed by atoms with van der Waals surface area (Å²) >= 11 is 0.